The van der Waals surface area contributed by atoms with Crippen molar-refractivity contribution in [2.45, 2.75) is 133 Å². The maximum Gasteiger partial charge on any atom is 0.246 e. The molecule has 0 aromatic heterocycles. The van der Waals surface area contributed by atoms with Gasteiger partial charge in [0.1, 0.15) is 18.1 Å². The minimum Gasteiger partial charge on any atom is -0.393 e. The van der Waals surface area contributed by atoms with E-state index in [0.29, 0.717) is 55.8 Å². The van der Waals surface area contributed by atoms with Crippen molar-refractivity contribution in [2.24, 2.45) is 28.4 Å². The highest BCUT2D eigenvalue weighted by Crippen LogP contribution is 2.48. The number of unbranched alkanes of at least 4 members (excludes halogenated alkanes) is 3. The molecule has 0 aliphatic carbocycles. The van der Waals surface area contributed by atoms with Crippen LogP contribution in [0.4, 0.5) is 0 Å². The summed E-state index contributed by atoms with van der Waals surface area (Å²) in [4.78, 5) is 61.4. The number of carbonyl (C=O) groups is 4. The summed E-state index contributed by atoms with van der Waals surface area (Å²) in [6, 6.07) is 17.3. The summed E-state index contributed by atoms with van der Waals surface area (Å²) in [7, 11) is 1.82. The second-order valence-electron chi connectivity index (χ2n) is 20.4. The number of carbonyl (C=O) groups excluding carboxylic acids is 4. The average molecular weight is 1010 g/mol. The molecule has 0 bridgehead atoms. The summed E-state index contributed by atoms with van der Waals surface area (Å²) in [5.74, 6) is 1.48. The zero-order valence-corrected chi connectivity index (χ0v) is 44.1. The Kier molecular flexibility index (Phi) is 20.0. The van der Waals surface area contributed by atoms with E-state index in [1.165, 1.54) is 0 Å². The normalized spacial score (nSPS) is 25.6. The van der Waals surface area contributed by atoms with Crippen LogP contribution in [0.15, 0.2) is 60.7 Å². The fourth-order valence-electron chi connectivity index (χ4n) is 10.3. The number of thioether (sulfide) groups is 2. The van der Waals surface area contributed by atoms with Crippen LogP contribution in [-0.2, 0) is 28.7 Å². The Hall–Kier alpha value is -3.32. The zero-order valence-electron chi connectivity index (χ0n) is 40.8. The summed E-state index contributed by atoms with van der Waals surface area (Å²) < 4.78 is 12.5. The van der Waals surface area contributed by atoms with Gasteiger partial charge in [0.15, 0.2) is 0 Å². The van der Waals surface area contributed by atoms with Crippen LogP contribution in [0.2, 0.25) is 0 Å². The van der Waals surface area contributed by atoms with E-state index >= 15 is 0 Å². The third kappa shape index (κ3) is 14.2. The number of nitrogens with zero attached hydrogens (tertiary/aromatic N) is 2. The quantitative estimate of drug-likeness (QED) is 0.0577. The number of likely N-dealkylation sites (N-methyl/N-ethyl adjacent to an activating group) is 1. The number of hydrogen-bond acceptors (Lipinski definition) is 11. The molecule has 0 radical (unpaired) electrons. The van der Waals surface area contributed by atoms with Gasteiger partial charge in [-0.25, -0.2) is 0 Å². The lowest BCUT2D eigenvalue weighted by atomic mass is 9.83. The molecule has 374 valence electrons. The second-order valence-corrected chi connectivity index (χ2v) is 23.9. The van der Waals surface area contributed by atoms with E-state index in [1.54, 1.807) is 23.5 Å². The molecular weight excluding hydrogens is 935 g/mol. The van der Waals surface area contributed by atoms with E-state index < -0.39 is 29.0 Å². The minimum atomic E-state index is -0.637. The van der Waals surface area contributed by atoms with Gasteiger partial charge >= 0.3 is 0 Å². The minimum absolute atomic E-state index is 0.0213. The fourth-order valence-corrected chi connectivity index (χ4v) is 13.9. The lowest BCUT2D eigenvalue weighted by Gasteiger charge is -2.35. The Morgan fingerprint density at radius 2 is 1.31 bits per heavy atom. The first-order valence-electron chi connectivity index (χ1n) is 24.5. The van der Waals surface area contributed by atoms with Crippen LogP contribution in [0.3, 0.4) is 0 Å². The first-order chi connectivity index (χ1) is 32.5. The molecule has 2 aromatic rings. The monoisotopic (exact) mass is 1010 g/mol. The first kappa shape index (κ1) is 54.0. The molecule has 17 heteroatoms. The molecule has 6 N–H and O–H groups in total. The first-order valence-corrected chi connectivity index (χ1v) is 27.4. The molecule has 4 amide bonds. The predicted octanol–water partition coefficient (Wildman–Crippen LogP) is 6.91. The van der Waals surface area contributed by atoms with Gasteiger partial charge in [0, 0.05) is 32.1 Å². The number of nitrogens with two attached hydrogens (primary N) is 1. The Labute approximate surface area is 424 Å². The van der Waals surface area contributed by atoms with Crippen molar-refractivity contribution in [3.63, 3.8) is 0 Å². The van der Waals surface area contributed by atoms with Crippen LogP contribution < -0.4 is 27.0 Å². The van der Waals surface area contributed by atoms with E-state index in [4.69, 9.17) is 39.6 Å². The highest BCUT2D eigenvalue weighted by atomic mass is 32.2. The third-order valence-corrected chi connectivity index (χ3v) is 17.2. The SMILES string of the molecule is CNCC(=S)N[C@H]1CCS[C@H]2CC(C)(C)C(C(=O)N[C@H](COCCCCCCOC[C@@H](NC(=O)[C@H]3N4C(=O)CC(C[C@H](C)C(N)=S)CS[C@H]4CC3(C)C)c3ccccc3)c3ccccc3)N2C1=O. The maximum absolute atomic E-state index is 14.4. The highest BCUT2D eigenvalue weighted by molar-refractivity contribution is 8.00. The molecule has 6 rings (SSSR count). The molecule has 9 atom stereocenters. The number of rotatable bonds is 23. The van der Waals surface area contributed by atoms with Crippen LogP contribution in [0.1, 0.15) is 116 Å². The molecule has 4 heterocycles. The number of hydrogen-bond donors (Lipinski definition) is 5. The Morgan fingerprint density at radius 1 is 0.794 bits per heavy atom. The van der Waals surface area contributed by atoms with Crippen LogP contribution >= 0.6 is 48.0 Å². The Bertz CT molecular complexity index is 2030. The molecule has 4 saturated heterocycles. The number of nitrogens with one attached hydrogen (secondary N) is 4. The average Bonchev–Trinajstić information content (AvgIpc) is 3.62. The van der Waals surface area contributed by atoms with E-state index in [0.717, 1.165) is 67.6 Å². The zero-order chi connectivity index (χ0) is 49.0. The smallest absolute Gasteiger partial charge is 0.246 e. The van der Waals surface area contributed by atoms with Crippen LogP contribution in [0.5, 0.6) is 0 Å². The molecule has 2 unspecified atom stereocenters. The molecule has 68 heavy (non-hydrogen) atoms. The Balaban J connectivity index is 0.965. The molecule has 4 aliphatic rings. The van der Waals surface area contributed by atoms with Crippen LogP contribution in [0, 0.1) is 22.7 Å². The van der Waals surface area contributed by atoms with E-state index in [-0.39, 0.29) is 58.3 Å². The van der Waals surface area contributed by atoms with Gasteiger partial charge in [-0.15, -0.1) is 23.5 Å². The fraction of sp³-hybridized carbons (Fsp3) is 0.647. The van der Waals surface area contributed by atoms with Gasteiger partial charge in [-0.3, -0.25) is 19.2 Å². The van der Waals surface area contributed by atoms with Crippen molar-refractivity contribution >= 4 is 81.6 Å². The summed E-state index contributed by atoms with van der Waals surface area (Å²) in [5.41, 5.74) is 6.99. The van der Waals surface area contributed by atoms with E-state index in [9.17, 15) is 19.2 Å². The summed E-state index contributed by atoms with van der Waals surface area (Å²) in [6.45, 7) is 12.5. The molecule has 2 aromatic carbocycles. The maximum atomic E-state index is 14.4. The molecule has 0 saturated carbocycles. The van der Waals surface area contributed by atoms with Crippen LogP contribution in [0.25, 0.3) is 0 Å². The standard InChI is InChI=1S/C51H75N7O6S4/c1-33(46(52)66)25-34-26-41(59)57-42(68-32-34)27-50(2,3)44(57)47(60)55-38(35-17-11-9-12-18-35)30-63-22-15-7-8-16-23-64-31-39(36-19-13-10-14-20-36)56-48(61)45-51(4,5)28-43-58(45)49(62)37(21-24-67-43)54-40(65)29-53-6/h9-14,17-20,33-34,37-39,42-45,53H,7-8,15-16,21-32H2,1-6H3,(H2,52,66)(H,54,65)(H,55,60)(H,56,61)/t33-,34?,37-,38+,39+,42-,43-,44+,45?/m0/s1. The van der Waals surface area contributed by atoms with Crippen molar-refractivity contribution in [3.8, 4) is 0 Å². The summed E-state index contributed by atoms with van der Waals surface area (Å²) in [5, 5.41) is 12.8. The lowest BCUT2D eigenvalue weighted by Crippen LogP contribution is -2.57. The molecular formula is C51H75N7O6S4. The summed E-state index contributed by atoms with van der Waals surface area (Å²) >= 11 is 14.2. The van der Waals surface area contributed by atoms with Gasteiger partial charge in [-0.05, 0) is 85.0 Å². The Morgan fingerprint density at radius 3 is 1.82 bits per heavy atom. The van der Waals surface area contributed by atoms with E-state index in [2.05, 4.69) is 49.0 Å². The van der Waals surface area contributed by atoms with Crippen molar-refractivity contribution in [2.75, 3.05) is 51.5 Å². The highest BCUT2D eigenvalue weighted by Gasteiger charge is 2.55. The van der Waals surface area contributed by atoms with Gasteiger partial charge in [0.2, 0.25) is 23.6 Å². The molecule has 0 spiro atoms. The van der Waals surface area contributed by atoms with Crippen molar-refractivity contribution < 1.29 is 28.7 Å². The van der Waals surface area contributed by atoms with Gasteiger partial charge < -0.3 is 46.3 Å². The third-order valence-electron chi connectivity index (χ3n) is 13.9. The predicted molar refractivity (Wildman–Crippen MR) is 282 cm³/mol. The van der Waals surface area contributed by atoms with Crippen molar-refractivity contribution in [3.05, 3.63) is 71.8 Å². The van der Waals surface area contributed by atoms with E-state index in [1.807, 2.05) is 84.4 Å². The topological polar surface area (TPSA) is 167 Å². The molecule has 4 aliphatic heterocycles. The number of fused-ring (bicyclic) bond motifs is 2. The number of benzene rings is 2. The lowest BCUT2D eigenvalue weighted by molar-refractivity contribution is -0.142. The van der Waals surface area contributed by atoms with Crippen LogP contribution in [-0.4, -0.2) is 124 Å². The van der Waals surface area contributed by atoms with Gasteiger partial charge in [0.05, 0.1) is 46.0 Å². The van der Waals surface area contributed by atoms with Gasteiger partial charge in [0.25, 0.3) is 0 Å². The number of thiocarbonyl (C=S) groups is 2. The van der Waals surface area contributed by atoms with Crippen molar-refractivity contribution in [1.29, 1.82) is 0 Å². The van der Waals surface area contributed by atoms with Gasteiger partial charge in [-0.2, -0.15) is 0 Å². The summed E-state index contributed by atoms with van der Waals surface area (Å²) in [6.07, 6.45) is 6.87. The largest absolute Gasteiger partial charge is 0.393 e. The van der Waals surface area contributed by atoms with Crippen molar-refractivity contribution in [1.82, 2.24) is 31.1 Å². The molecule has 13 nitrogen and oxygen atoms in total. The second kappa shape index (κ2) is 25.2. The molecule has 4 fully saturated rings. The number of ether oxygens (including phenoxy) is 2. The van der Waals surface area contributed by atoms with Gasteiger partial charge in [-0.1, -0.05) is 133 Å². The number of amides is 4.